The van der Waals surface area contributed by atoms with Crippen LogP contribution in [0.25, 0.3) is 0 Å². The van der Waals surface area contributed by atoms with E-state index in [0.717, 1.165) is 5.56 Å². The fourth-order valence-electron chi connectivity index (χ4n) is 1.99. The smallest absolute Gasteiger partial charge is 0.293 e. The SMILES string of the molecule is Cc1ccc([N+](=O)[O-])cc1.NCC1OC(O)CC(F)C1OC=O. The second-order valence-corrected chi connectivity index (χ2v) is 4.91. The normalized spacial score (nSPS) is 26.6. The number of carbonyl (C=O) groups is 1. The molecule has 0 bridgehead atoms. The van der Waals surface area contributed by atoms with Crippen LogP contribution >= 0.6 is 0 Å². The standard InChI is InChI=1S/C7H12FNO4.C7H7NO2/c8-4-1-6(11)13-5(2-9)7(4)12-3-10;1-6-2-4-7(5-3-6)8(9)10/h3-7,11H,1-2,9H2;2-5H,1H3. The molecule has 3 N–H and O–H groups in total. The van der Waals surface area contributed by atoms with Gasteiger partial charge in [0.2, 0.25) is 0 Å². The van der Waals surface area contributed by atoms with E-state index in [2.05, 4.69) is 4.74 Å². The van der Waals surface area contributed by atoms with Crippen molar-refractivity contribution in [2.75, 3.05) is 6.54 Å². The van der Waals surface area contributed by atoms with Gasteiger partial charge in [0.05, 0.1) is 4.92 Å². The Morgan fingerprint density at radius 1 is 1.52 bits per heavy atom. The van der Waals surface area contributed by atoms with E-state index in [1.807, 2.05) is 6.92 Å². The summed E-state index contributed by atoms with van der Waals surface area (Å²) >= 11 is 0. The number of hydrogen-bond donors (Lipinski definition) is 2. The lowest BCUT2D eigenvalue weighted by Crippen LogP contribution is -2.51. The monoisotopic (exact) mass is 330 g/mol. The Kier molecular flexibility index (Phi) is 7.52. The predicted octanol–water partition coefficient (Wildman–Crippen LogP) is 0.835. The van der Waals surface area contributed by atoms with Gasteiger partial charge in [-0.05, 0) is 6.92 Å². The molecule has 4 unspecified atom stereocenters. The van der Waals surface area contributed by atoms with Gasteiger partial charge >= 0.3 is 0 Å². The Balaban J connectivity index is 0.000000238. The number of halogens is 1. The van der Waals surface area contributed by atoms with Crippen LogP contribution in [-0.4, -0.2) is 47.7 Å². The number of nitro benzene ring substituents is 1. The number of aryl methyl sites for hydroxylation is 1. The lowest BCUT2D eigenvalue weighted by Gasteiger charge is -2.34. The average molecular weight is 330 g/mol. The maximum absolute atomic E-state index is 13.1. The highest BCUT2D eigenvalue weighted by molar-refractivity contribution is 5.37. The van der Waals surface area contributed by atoms with Gasteiger partial charge < -0.3 is 20.3 Å². The van der Waals surface area contributed by atoms with Crippen molar-refractivity contribution in [2.24, 2.45) is 5.73 Å². The van der Waals surface area contributed by atoms with Crippen molar-refractivity contribution in [1.82, 2.24) is 0 Å². The van der Waals surface area contributed by atoms with E-state index < -0.39 is 29.6 Å². The van der Waals surface area contributed by atoms with Crippen molar-refractivity contribution in [3.05, 3.63) is 39.9 Å². The van der Waals surface area contributed by atoms with Crippen molar-refractivity contribution in [2.45, 2.75) is 38.0 Å². The molecular weight excluding hydrogens is 311 g/mol. The number of nitro groups is 1. The summed E-state index contributed by atoms with van der Waals surface area (Å²) in [5.41, 5.74) is 6.43. The number of aliphatic hydroxyl groups excluding tert-OH is 1. The quantitative estimate of drug-likeness (QED) is 0.476. The zero-order valence-corrected chi connectivity index (χ0v) is 12.5. The Bertz CT molecular complexity index is 512. The van der Waals surface area contributed by atoms with E-state index >= 15 is 0 Å². The molecule has 0 aliphatic carbocycles. The molecule has 0 radical (unpaired) electrons. The van der Waals surface area contributed by atoms with Gasteiger partial charge in [-0.3, -0.25) is 14.9 Å². The van der Waals surface area contributed by atoms with Crippen molar-refractivity contribution in [3.63, 3.8) is 0 Å². The molecule has 23 heavy (non-hydrogen) atoms. The van der Waals surface area contributed by atoms with E-state index in [9.17, 15) is 19.3 Å². The fraction of sp³-hybridized carbons (Fsp3) is 0.500. The third-order valence-corrected chi connectivity index (χ3v) is 3.17. The second-order valence-electron chi connectivity index (χ2n) is 4.91. The molecule has 0 saturated carbocycles. The Morgan fingerprint density at radius 3 is 2.61 bits per heavy atom. The molecule has 1 aliphatic heterocycles. The fourth-order valence-corrected chi connectivity index (χ4v) is 1.99. The molecule has 0 aromatic heterocycles. The number of aliphatic hydroxyl groups is 1. The van der Waals surface area contributed by atoms with E-state index in [0.29, 0.717) is 0 Å². The van der Waals surface area contributed by atoms with Crippen LogP contribution < -0.4 is 5.73 Å². The molecule has 1 heterocycles. The maximum atomic E-state index is 13.1. The summed E-state index contributed by atoms with van der Waals surface area (Å²) < 4.78 is 22.5. The lowest BCUT2D eigenvalue weighted by molar-refractivity contribution is -0.384. The summed E-state index contributed by atoms with van der Waals surface area (Å²) in [5.74, 6) is 0. The van der Waals surface area contributed by atoms with Gasteiger partial charge in [-0.15, -0.1) is 0 Å². The van der Waals surface area contributed by atoms with Crippen molar-refractivity contribution < 1.29 is 28.7 Å². The lowest BCUT2D eigenvalue weighted by atomic mass is 10.0. The minimum Gasteiger partial charge on any atom is -0.459 e. The minimum atomic E-state index is -1.43. The van der Waals surface area contributed by atoms with Crippen LogP contribution in [0, 0.1) is 17.0 Å². The molecule has 4 atom stereocenters. The molecule has 0 spiro atoms. The van der Waals surface area contributed by atoms with Gasteiger partial charge in [-0.2, -0.15) is 0 Å². The summed E-state index contributed by atoms with van der Waals surface area (Å²) in [6, 6.07) is 6.43. The Hall–Kier alpha value is -2.10. The first-order chi connectivity index (χ1) is 10.9. The molecule has 128 valence electrons. The van der Waals surface area contributed by atoms with Gasteiger partial charge in [-0.25, -0.2) is 4.39 Å². The molecule has 9 heteroatoms. The van der Waals surface area contributed by atoms with Crippen LogP contribution in [0.3, 0.4) is 0 Å². The number of nitrogens with two attached hydrogens (primary N) is 1. The minimum absolute atomic E-state index is 0.00398. The number of nitrogens with zero attached hydrogens (tertiary/aromatic N) is 1. The van der Waals surface area contributed by atoms with E-state index in [1.54, 1.807) is 12.1 Å². The van der Waals surface area contributed by atoms with Gasteiger partial charge in [-0.1, -0.05) is 17.7 Å². The first kappa shape index (κ1) is 18.9. The van der Waals surface area contributed by atoms with Crippen molar-refractivity contribution in [1.29, 1.82) is 0 Å². The first-order valence-corrected chi connectivity index (χ1v) is 6.86. The van der Waals surface area contributed by atoms with Crippen molar-refractivity contribution in [3.8, 4) is 0 Å². The summed E-state index contributed by atoms with van der Waals surface area (Å²) in [4.78, 5) is 19.7. The molecule has 2 rings (SSSR count). The highest BCUT2D eigenvalue weighted by Crippen LogP contribution is 2.23. The van der Waals surface area contributed by atoms with Crippen LogP contribution in [0.4, 0.5) is 10.1 Å². The summed E-state index contributed by atoms with van der Waals surface area (Å²) in [5, 5.41) is 19.1. The molecule has 0 amide bonds. The molecule has 1 saturated heterocycles. The van der Waals surface area contributed by atoms with Gasteiger partial charge in [0.25, 0.3) is 12.2 Å². The highest BCUT2D eigenvalue weighted by atomic mass is 19.1. The number of rotatable bonds is 4. The molecule has 1 aromatic rings. The van der Waals surface area contributed by atoms with Crippen LogP contribution in [0.1, 0.15) is 12.0 Å². The number of hydrogen-bond acceptors (Lipinski definition) is 7. The van der Waals surface area contributed by atoms with Crippen LogP contribution in [0.15, 0.2) is 24.3 Å². The number of ether oxygens (including phenoxy) is 2. The Morgan fingerprint density at radius 2 is 2.13 bits per heavy atom. The zero-order valence-electron chi connectivity index (χ0n) is 12.5. The average Bonchev–Trinajstić information content (AvgIpc) is 2.51. The summed E-state index contributed by atoms with van der Waals surface area (Å²) in [6.07, 6.45) is -4.58. The van der Waals surface area contributed by atoms with E-state index in [1.165, 1.54) is 12.1 Å². The zero-order chi connectivity index (χ0) is 17.4. The molecule has 8 nitrogen and oxygen atoms in total. The largest absolute Gasteiger partial charge is 0.459 e. The van der Waals surface area contributed by atoms with E-state index in [-0.39, 0.29) is 25.1 Å². The van der Waals surface area contributed by atoms with Crippen LogP contribution in [0.2, 0.25) is 0 Å². The molecule has 1 aromatic carbocycles. The van der Waals surface area contributed by atoms with E-state index in [4.69, 9.17) is 15.6 Å². The van der Waals surface area contributed by atoms with Crippen molar-refractivity contribution >= 4 is 12.2 Å². The first-order valence-electron chi connectivity index (χ1n) is 6.86. The third-order valence-electron chi connectivity index (χ3n) is 3.17. The number of alkyl halides is 1. The number of benzene rings is 1. The molecule has 1 fully saturated rings. The van der Waals surface area contributed by atoms with Gasteiger partial charge in [0, 0.05) is 25.1 Å². The molecule has 1 aliphatic rings. The Labute approximate surface area is 132 Å². The van der Waals surface area contributed by atoms with Gasteiger partial charge in [0.1, 0.15) is 12.3 Å². The van der Waals surface area contributed by atoms with Crippen LogP contribution in [0.5, 0.6) is 0 Å². The summed E-state index contributed by atoms with van der Waals surface area (Å²) in [7, 11) is 0. The topological polar surface area (TPSA) is 125 Å². The third kappa shape index (κ3) is 5.89. The summed E-state index contributed by atoms with van der Waals surface area (Å²) in [6.45, 7) is 2.04. The number of non-ortho nitro benzene ring substituents is 1. The van der Waals surface area contributed by atoms with Gasteiger partial charge in [0.15, 0.2) is 12.4 Å². The highest BCUT2D eigenvalue weighted by Gasteiger charge is 2.39. The second kappa shape index (κ2) is 9.13. The van der Waals surface area contributed by atoms with Crippen LogP contribution in [-0.2, 0) is 14.3 Å². The predicted molar refractivity (Wildman–Crippen MR) is 78.2 cm³/mol. The maximum Gasteiger partial charge on any atom is 0.293 e. The molecular formula is C14H19FN2O6. The number of carbonyl (C=O) groups excluding carboxylic acids is 1.